The molecule has 1 atom stereocenters. The fraction of sp³-hybridized carbons (Fsp3) is 0.385. The molecule has 16 heavy (non-hydrogen) atoms. The minimum atomic E-state index is -0.240. The van der Waals surface area contributed by atoms with Crippen molar-refractivity contribution in [3.05, 3.63) is 45.8 Å². The fourth-order valence-electron chi connectivity index (χ4n) is 1.44. The Morgan fingerprint density at radius 2 is 1.94 bits per heavy atom. The number of benzene rings is 1. The van der Waals surface area contributed by atoms with E-state index in [1.54, 1.807) is 0 Å². The third-order valence-electron chi connectivity index (χ3n) is 2.23. The van der Waals surface area contributed by atoms with E-state index >= 15 is 0 Å². The molecule has 0 N–H and O–H groups in total. The molecule has 1 unspecified atom stereocenters. The molecule has 0 spiro atoms. The second-order valence-corrected chi connectivity index (χ2v) is 4.65. The van der Waals surface area contributed by atoms with Crippen molar-refractivity contribution in [1.82, 2.24) is 0 Å². The third-order valence-corrected chi connectivity index (χ3v) is 2.48. The van der Waals surface area contributed by atoms with E-state index in [0.717, 1.165) is 12.0 Å². The van der Waals surface area contributed by atoms with E-state index in [9.17, 15) is 4.91 Å². The molecule has 0 aliphatic carbocycles. The third kappa shape index (κ3) is 4.58. The first-order chi connectivity index (χ1) is 7.61. The molecule has 2 nitrogen and oxygen atoms in total. The van der Waals surface area contributed by atoms with E-state index < -0.39 is 0 Å². The molecule has 0 aliphatic heterocycles. The molecule has 0 amide bonds. The van der Waals surface area contributed by atoms with Gasteiger partial charge in [-0.1, -0.05) is 54.9 Å². The van der Waals surface area contributed by atoms with Gasteiger partial charge in [0.2, 0.25) is 0 Å². The Kier molecular flexibility index (Phi) is 5.20. The lowest BCUT2D eigenvalue weighted by atomic mass is 10.0. The van der Waals surface area contributed by atoms with Crippen LogP contribution >= 0.6 is 11.6 Å². The van der Waals surface area contributed by atoms with E-state index in [1.807, 2.05) is 36.4 Å². The monoisotopic (exact) mass is 237 g/mol. The van der Waals surface area contributed by atoms with Crippen LogP contribution in [0.5, 0.6) is 0 Å². The predicted molar refractivity (Wildman–Crippen MR) is 69.5 cm³/mol. The Balaban J connectivity index is 2.63. The number of halogens is 1. The number of hydrogen-bond acceptors (Lipinski definition) is 2. The van der Waals surface area contributed by atoms with Crippen LogP contribution in [0.25, 0.3) is 6.08 Å². The van der Waals surface area contributed by atoms with Crippen molar-refractivity contribution in [2.75, 3.05) is 0 Å². The Bertz CT molecular complexity index is 357. The van der Waals surface area contributed by atoms with Gasteiger partial charge in [0.15, 0.2) is 0 Å². The van der Waals surface area contributed by atoms with Crippen molar-refractivity contribution in [2.24, 2.45) is 11.1 Å². The van der Waals surface area contributed by atoms with Crippen LogP contribution in [0.4, 0.5) is 0 Å². The van der Waals surface area contributed by atoms with Crippen molar-refractivity contribution in [2.45, 2.75) is 26.3 Å². The van der Waals surface area contributed by atoms with Gasteiger partial charge in [-0.05, 0) is 30.0 Å². The van der Waals surface area contributed by atoms with Crippen LogP contribution in [-0.2, 0) is 0 Å². The zero-order chi connectivity index (χ0) is 12.0. The molecule has 0 bridgehead atoms. The smallest absolute Gasteiger partial charge is 0.111 e. The standard InChI is InChI=1S/C13H16ClNO/c1-10(2)9-13(15-16)8-5-11-3-6-12(14)7-4-11/h3-8,10,13H,9H2,1-2H3. The summed E-state index contributed by atoms with van der Waals surface area (Å²) in [5.74, 6) is 0.470. The molecule has 0 aliphatic rings. The predicted octanol–water partition coefficient (Wildman–Crippen LogP) is 4.53. The van der Waals surface area contributed by atoms with Gasteiger partial charge in [-0.25, -0.2) is 0 Å². The Hall–Kier alpha value is -1.15. The molecule has 0 aromatic heterocycles. The summed E-state index contributed by atoms with van der Waals surface area (Å²) in [6, 6.07) is 7.24. The first kappa shape index (κ1) is 12.9. The average Bonchev–Trinajstić information content (AvgIpc) is 2.26. The van der Waals surface area contributed by atoms with Crippen LogP contribution in [0.15, 0.2) is 35.5 Å². The summed E-state index contributed by atoms with van der Waals surface area (Å²) in [6.07, 6.45) is 4.54. The van der Waals surface area contributed by atoms with Gasteiger partial charge in [0.1, 0.15) is 6.04 Å². The molecule has 1 rings (SSSR count). The number of nitrogens with zero attached hydrogens (tertiary/aromatic N) is 1. The minimum Gasteiger partial charge on any atom is -0.150 e. The van der Waals surface area contributed by atoms with Gasteiger partial charge in [-0.15, -0.1) is 0 Å². The van der Waals surface area contributed by atoms with Gasteiger partial charge in [0.25, 0.3) is 0 Å². The molecule has 0 heterocycles. The van der Waals surface area contributed by atoms with E-state index in [0.29, 0.717) is 10.9 Å². The van der Waals surface area contributed by atoms with E-state index in [1.165, 1.54) is 0 Å². The molecule has 3 heteroatoms. The zero-order valence-corrected chi connectivity index (χ0v) is 10.3. The van der Waals surface area contributed by atoms with Gasteiger partial charge in [-0.3, -0.25) is 0 Å². The molecule has 1 aromatic carbocycles. The molecular formula is C13H16ClNO. The molecule has 0 saturated heterocycles. The van der Waals surface area contributed by atoms with Crippen LogP contribution < -0.4 is 0 Å². The largest absolute Gasteiger partial charge is 0.150 e. The van der Waals surface area contributed by atoms with Crippen LogP contribution in [0.2, 0.25) is 5.02 Å². The maximum Gasteiger partial charge on any atom is 0.111 e. The summed E-state index contributed by atoms with van der Waals surface area (Å²) in [5, 5.41) is 3.81. The topological polar surface area (TPSA) is 29.4 Å². The van der Waals surface area contributed by atoms with E-state index in [2.05, 4.69) is 19.0 Å². The quantitative estimate of drug-likeness (QED) is 0.692. The Morgan fingerprint density at radius 3 is 2.44 bits per heavy atom. The summed E-state index contributed by atoms with van der Waals surface area (Å²) < 4.78 is 0. The van der Waals surface area contributed by atoms with E-state index in [4.69, 9.17) is 11.6 Å². The van der Waals surface area contributed by atoms with Crippen molar-refractivity contribution >= 4 is 17.7 Å². The number of rotatable bonds is 5. The lowest BCUT2D eigenvalue weighted by Gasteiger charge is -2.06. The first-order valence-corrected chi connectivity index (χ1v) is 5.76. The molecule has 0 saturated carbocycles. The highest BCUT2D eigenvalue weighted by Gasteiger charge is 2.06. The summed E-state index contributed by atoms with van der Waals surface area (Å²) >= 11 is 5.78. The second kappa shape index (κ2) is 6.44. The number of nitroso groups, excluding NO2 is 1. The molecule has 1 aromatic rings. The summed E-state index contributed by atoms with van der Waals surface area (Å²) in [6.45, 7) is 4.16. The van der Waals surface area contributed by atoms with Crippen LogP contribution in [0, 0.1) is 10.8 Å². The molecule has 86 valence electrons. The normalized spacial score (nSPS) is 13.2. The maximum atomic E-state index is 10.6. The van der Waals surface area contributed by atoms with Crippen LogP contribution in [0.3, 0.4) is 0 Å². The van der Waals surface area contributed by atoms with Crippen LogP contribution in [-0.4, -0.2) is 6.04 Å². The molecular weight excluding hydrogens is 222 g/mol. The first-order valence-electron chi connectivity index (χ1n) is 5.38. The Labute approximate surface area is 101 Å². The summed E-state index contributed by atoms with van der Waals surface area (Å²) in [4.78, 5) is 10.6. The lowest BCUT2D eigenvalue weighted by molar-refractivity contribution is 0.546. The average molecular weight is 238 g/mol. The highest BCUT2D eigenvalue weighted by Crippen LogP contribution is 2.13. The highest BCUT2D eigenvalue weighted by molar-refractivity contribution is 6.30. The SMILES string of the molecule is CC(C)CC(C=Cc1ccc(Cl)cc1)N=O. The summed E-state index contributed by atoms with van der Waals surface area (Å²) in [7, 11) is 0. The van der Waals surface area contributed by atoms with Gasteiger partial charge >= 0.3 is 0 Å². The fourth-order valence-corrected chi connectivity index (χ4v) is 1.56. The molecule has 0 fully saturated rings. The van der Waals surface area contributed by atoms with Crippen molar-refractivity contribution in [1.29, 1.82) is 0 Å². The van der Waals surface area contributed by atoms with E-state index in [-0.39, 0.29) is 6.04 Å². The van der Waals surface area contributed by atoms with Crippen molar-refractivity contribution in [3.8, 4) is 0 Å². The zero-order valence-electron chi connectivity index (χ0n) is 9.56. The lowest BCUT2D eigenvalue weighted by Crippen LogP contribution is -2.03. The second-order valence-electron chi connectivity index (χ2n) is 4.21. The number of hydrogen-bond donors (Lipinski definition) is 0. The maximum absolute atomic E-state index is 10.6. The van der Waals surface area contributed by atoms with Gasteiger partial charge < -0.3 is 0 Å². The van der Waals surface area contributed by atoms with Gasteiger partial charge in [0.05, 0.1) is 0 Å². The minimum absolute atomic E-state index is 0.240. The summed E-state index contributed by atoms with van der Waals surface area (Å²) in [5.41, 5.74) is 1.03. The van der Waals surface area contributed by atoms with Crippen LogP contribution in [0.1, 0.15) is 25.8 Å². The van der Waals surface area contributed by atoms with Gasteiger partial charge in [-0.2, -0.15) is 4.91 Å². The van der Waals surface area contributed by atoms with Crippen molar-refractivity contribution in [3.63, 3.8) is 0 Å². The van der Waals surface area contributed by atoms with Crippen molar-refractivity contribution < 1.29 is 0 Å². The molecule has 0 radical (unpaired) electrons. The Morgan fingerprint density at radius 1 is 1.31 bits per heavy atom. The highest BCUT2D eigenvalue weighted by atomic mass is 35.5. The van der Waals surface area contributed by atoms with Gasteiger partial charge in [0, 0.05) is 5.02 Å².